The molecule has 0 saturated carbocycles. The highest BCUT2D eigenvalue weighted by Crippen LogP contribution is 2.29. The lowest BCUT2D eigenvalue weighted by Gasteiger charge is -1.95. The van der Waals surface area contributed by atoms with E-state index in [0.29, 0.717) is 18.6 Å². The summed E-state index contributed by atoms with van der Waals surface area (Å²) in [6, 6.07) is 0. The first-order chi connectivity index (χ1) is 12.2. The largest absolute Gasteiger partial charge is 0.481 e. The second kappa shape index (κ2) is 14.9. The summed E-state index contributed by atoms with van der Waals surface area (Å²) in [7, 11) is 0. The summed E-state index contributed by atoms with van der Waals surface area (Å²) in [5.41, 5.74) is 0. The second-order valence-electron chi connectivity index (χ2n) is 6.82. The molecule has 1 aliphatic heterocycles. The van der Waals surface area contributed by atoms with Crippen LogP contribution in [0.2, 0.25) is 0 Å². The summed E-state index contributed by atoms with van der Waals surface area (Å²) in [5.74, 6) is -0.690. The molecule has 0 spiro atoms. The zero-order chi connectivity index (χ0) is 18.2. The Morgan fingerprint density at radius 1 is 0.840 bits per heavy atom. The number of unbranched alkanes of at least 4 members (excludes halogenated alkanes) is 6. The van der Waals surface area contributed by atoms with Crippen molar-refractivity contribution < 1.29 is 14.6 Å². The number of carboxylic acid groups (broad SMARTS) is 1. The first-order valence-electron chi connectivity index (χ1n) is 10.1. The molecule has 2 atom stereocenters. The zero-order valence-electron chi connectivity index (χ0n) is 15.9. The van der Waals surface area contributed by atoms with E-state index in [9.17, 15) is 4.79 Å². The number of ether oxygens (including phenoxy) is 1. The van der Waals surface area contributed by atoms with Crippen molar-refractivity contribution in [2.75, 3.05) is 0 Å². The molecule has 3 nitrogen and oxygen atoms in total. The van der Waals surface area contributed by atoms with Crippen molar-refractivity contribution in [3.05, 3.63) is 36.5 Å². The summed E-state index contributed by atoms with van der Waals surface area (Å²) in [5, 5.41) is 8.55. The van der Waals surface area contributed by atoms with Crippen LogP contribution in [-0.4, -0.2) is 23.3 Å². The summed E-state index contributed by atoms with van der Waals surface area (Å²) >= 11 is 0. The molecule has 0 radical (unpaired) electrons. The normalized spacial score (nSPS) is 20.2. The van der Waals surface area contributed by atoms with Gasteiger partial charge < -0.3 is 9.84 Å². The van der Waals surface area contributed by atoms with Crippen LogP contribution in [0.15, 0.2) is 36.5 Å². The minimum Gasteiger partial charge on any atom is -0.481 e. The van der Waals surface area contributed by atoms with Crippen LogP contribution < -0.4 is 0 Å². The first-order valence-corrected chi connectivity index (χ1v) is 10.1. The van der Waals surface area contributed by atoms with Crippen molar-refractivity contribution in [1.29, 1.82) is 0 Å². The van der Waals surface area contributed by atoms with Gasteiger partial charge in [-0.25, -0.2) is 0 Å². The van der Waals surface area contributed by atoms with Crippen LogP contribution in [0.1, 0.15) is 84.0 Å². The number of epoxide rings is 1. The van der Waals surface area contributed by atoms with Gasteiger partial charge in [0, 0.05) is 6.42 Å². The summed E-state index contributed by atoms with van der Waals surface area (Å²) in [6.45, 7) is 2.24. The molecule has 1 fully saturated rings. The van der Waals surface area contributed by atoms with Crippen molar-refractivity contribution >= 4 is 5.97 Å². The van der Waals surface area contributed by atoms with Crippen molar-refractivity contribution in [3.8, 4) is 0 Å². The molecule has 0 aromatic carbocycles. The van der Waals surface area contributed by atoms with Gasteiger partial charge in [-0.3, -0.25) is 4.79 Å². The first kappa shape index (κ1) is 21.7. The molecule has 1 N–H and O–H groups in total. The predicted molar refractivity (Wildman–Crippen MR) is 105 cm³/mol. The standard InChI is InChI=1S/C22H36O3/c1-2-3-4-5-6-7-8-11-14-17-20-21(25-20)18-15-12-9-10-13-16-19-22(23)24/h6-7,11-12,14-15,20-21H,2-5,8-10,13,16-19H2,1H3,(H,23,24)/b7-6-,14-11-,15-12-/t20-,21+/m0/s1. The lowest BCUT2D eigenvalue weighted by atomic mass is 10.1. The van der Waals surface area contributed by atoms with Crippen LogP contribution >= 0.6 is 0 Å². The summed E-state index contributed by atoms with van der Waals surface area (Å²) in [4.78, 5) is 10.4. The van der Waals surface area contributed by atoms with Crippen molar-refractivity contribution in [1.82, 2.24) is 0 Å². The Kier molecular flexibility index (Phi) is 13.0. The molecule has 142 valence electrons. The zero-order valence-corrected chi connectivity index (χ0v) is 15.9. The highest BCUT2D eigenvalue weighted by atomic mass is 16.6. The van der Waals surface area contributed by atoms with Crippen LogP contribution in [0.3, 0.4) is 0 Å². The van der Waals surface area contributed by atoms with Gasteiger partial charge in [0.15, 0.2) is 0 Å². The molecule has 0 aromatic rings. The Bertz CT molecular complexity index is 423. The van der Waals surface area contributed by atoms with Gasteiger partial charge in [-0.05, 0) is 51.4 Å². The summed E-state index contributed by atoms with van der Waals surface area (Å²) in [6.07, 6.45) is 26.7. The van der Waals surface area contributed by atoms with Crippen molar-refractivity contribution in [2.45, 2.75) is 96.2 Å². The Hall–Kier alpha value is -1.35. The molecule has 0 amide bonds. The fourth-order valence-electron chi connectivity index (χ4n) is 2.79. The highest BCUT2D eigenvalue weighted by Gasteiger charge is 2.35. The van der Waals surface area contributed by atoms with Crippen LogP contribution in [-0.2, 0) is 9.53 Å². The maximum atomic E-state index is 10.4. The molecule has 1 rings (SSSR count). The van der Waals surface area contributed by atoms with Gasteiger partial charge in [-0.2, -0.15) is 0 Å². The topological polar surface area (TPSA) is 49.8 Å². The van der Waals surface area contributed by atoms with E-state index < -0.39 is 5.97 Å². The van der Waals surface area contributed by atoms with E-state index in [-0.39, 0.29) is 0 Å². The van der Waals surface area contributed by atoms with Gasteiger partial charge in [-0.1, -0.05) is 62.6 Å². The van der Waals surface area contributed by atoms with Crippen LogP contribution in [0, 0.1) is 0 Å². The molecule has 3 heteroatoms. The minimum atomic E-state index is -0.690. The molecule has 1 saturated heterocycles. The molecule has 0 aliphatic carbocycles. The third kappa shape index (κ3) is 13.6. The maximum Gasteiger partial charge on any atom is 0.303 e. The highest BCUT2D eigenvalue weighted by molar-refractivity contribution is 5.66. The second-order valence-corrected chi connectivity index (χ2v) is 6.82. The van der Waals surface area contributed by atoms with Crippen molar-refractivity contribution in [3.63, 3.8) is 0 Å². The Morgan fingerprint density at radius 2 is 1.44 bits per heavy atom. The number of aliphatic carboxylic acids is 1. The number of rotatable bonds is 16. The lowest BCUT2D eigenvalue weighted by Crippen LogP contribution is -1.93. The number of carboxylic acids is 1. The minimum absolute atomic E-state index is 0.295. The van der Waals surface area contributed by atoms with E-state index in [1.54, 1.807) is 0 Å². The van der Waals surface area contributed by atoms with Crippen molar-refractivity contribution in [2.24, 2.45) is 0 Å². The lowest BCUT2D eigenvalue weighted by molar-refractivity contribution is -0.137. The quantitative estimate of drug-likeness (QED) is 0.205. The molecule has 0 unspecified atom stereocenters. The van der Waals surface area contributed by atoms with E-state index in [4.69, 9.17) is 9.84 Å². The Morgan fingerprint density at radius 3 is 2.12 bits per heavy atom. The van der Waals surface area contributed by atoms with Crippen LogP contribution in [0.25, 0.3) is 0 Å². The Balaban J connectivity index is 1.90. The van der Waals surface area contributed by atoms with Crippen LogP contribution in [0.4, 0.5) is 0 Å². The monoisotopic (exact) mass is 348 g/mol. The van der Waals surface area contributed by atoms with Crippen LogP contribution in [0.5, 0.6) is 0 Å². The number of hydrogen-bond donors (Lipinski definition) is 1. The predicted octanol–water partition coefficient (Wildman–Crippen LogP) is 6.21. The number of carbonyl (C=O) groups is 1. The van der Waals surface area contributed by atoms with E-state index >= 15 is 0 Å². The van der Waals surface area contributed by atoms with E-state index in [1.807, 2.05) is 0 Å². The SMILES string of the molecule is CCCCC/C=C\C/C=C\C[C@@H]1O[C@@H]1C/C=C\CCCCCC(=O)O. The smallest absolute Gasteiger partial charge is 0.303 e. The van der Waals surface area contributed by atoms with Gasteiger partial charge >= 0.3 is 5.97 Å². The molecule has 25 heavy (non-hydrogen) atoms. The molecule has 0 bridgehead atoms. The number of hydrogen-bond acceptors (Lipinski definition) is 2. The summed E-state index contributed by atoms with van der Waals surface area (Å²) < 4.78 is 5.67. The maximum absolute atomic E-state index is 10.4. The molecular weight excluding hydrogens is 312 g/mol. The van der Waals surface area contributed by atoms with Gasteiger partial charge in [0.1, 0.15) is 0 Å². The fraction of sp³-hybridized carbons (Fsp3) is 0.682. The Labute approximate surface area is 153 Å². The van der Waals surface area contributed by atoms with Gasteiger partial charge in [-0.15, -0.1) is 0 Å². The molecule has 1 aliphatic rings. The average Bonchev–Trinajstić information content (AvgIpc) is 3.34. The van der Waals surface area contributed by atoms with E-state index in [1.165, 1.54) is 25.7 Å². The van der Waals surface area contributed by atoms with Gasteiger partial charge in [0.25, 0.3) is 0 Å². The third-order valence-corrected chi connectivity index (χ3v) is 4.43. The molecule has 1 heterocycles. The fourth-order valence-corrected chi connectivity index (χ4v) is 2.79. The molecular formula is C22H36O3. The average molecular weight is 349 g/mol. The number of allylic oxidation sites excluding steroid dienone is 4. The van der Waals surface area contributed by atoms with E-state index in [2.05, 4.69) is 43.4 Å². The van der Waals surface area contributed by atoms with E-state index in [0.717, 1.165) is 44.9 Å². The van der Waals surface area contributed by atoms with Gasteiger partial charge in [0.05, 0.1) is 12.2 Å². The third-order valence-electron chi connectivity index (χ3n) is 4.43. The van der Waals surface area contributed by atoms with Gasteiger partial charge in [0.2, 0.25) is 0 Å². The molecule has 0 aromatic heterocycles.